The van der Waals surface area contributed by atoms with Gasteiger partial charge in [-0.05, 0) is 25.1 Å². The van der Waals surface area contributed by atoms with Crippen molar-refractivity contribution >= 4 is 23.4 Å². The molecule has 0 spiro atoms. The lowest BCUT2D eigenvalue weighted by atomic mass is 10.1. The third kappa shape index (κ3) is 2.91. The number of anilines is 3. The highest BCUT2D eigenvalue weighted by Gasteiger charge is 2.18. The van der Waals surface area contributed by atoms with E-state index in [1.165, 1.54) is 12.3 Å². The Balaban J connectivity index is 2.32. The van der Waals surface area contributed by atoms with Crippen molar-refractivity contribution in [3.05, 3.63) is 47.2 Å². The Bertz CT molecular complexity index is 687. The van der Waals surface area contributed by atoms with Crippen LogP contribution in [0.3, 0.4) is 0 Å². The Morgan fingerprint density at radius 1 is 1.33 bits per heavy atom. The molecular formula is C14H15F2N5. The van der Waals surface area contributed by atoms with Crippen LogP contribution in [-0.2, 0) is 0 Å². The Kier molecular flexibility index (Phi) is 4.02. The van der Waals surface area contributed by atoms with Gasteiger partial charge in [0.1, 0.15) is 11.6 Å². The van der Waals surface area contributed by atoms with Gasteiger partial charge in [-0.1, -0.05) is 0 Å². The maximum Gasteiger partial charge on any atom is 0.154 e. The number of hydrogen-bond donors (Lipinski definition) is 4. The summed E-state index contributed by atoms with van der Waals surface area (Å²) in [5.74, 6) is -1.26. The van der Waals surface area contributed by atoms with Gasteiger partial charge in [0.05, 0.1) is 23.6 Å². The van der Waals surface area contributed by atoms with E-state index in [2.05, 4.69) is 10.3 Å². The fraction of sp³-hybridized carbons (Fsp3) is 0.143. The van der Waals surface area contributed by atoms with Crippen LogP contribution in [0.4, 0.5) is 26.0 Å². The van der Waals surface area contributed by atoms with Crippen LogP contribution < -0.4 is 16.8 Å². The zero-order valence-corrected chi connectivity index (χ0v) is 11.3. The molecule has 1 atom stereocenters. The molecule has 1 heterocycles. The Hall–Kier alpha value is -2.70. The van der Waals surface area contributed by atoms with Crippen LogP contribution in [0.15, 0.2) is 24.4 Å². The lowest BCUT2D eigenvalue weighted by Crippen LogP contribution is -2.13. The highest BCUT2D eigenvalue weighted by molar-refractivity contribution is 5.84. The van der Waals surface area contributed by atoms with Crippen LogP contribution in [0, 0.1) is 17.0 Å². The fourth-order valence-corrected chi connectivity index (χ4v) is 1.99. The molecule has 6 N–H and O–H groups in total. The summed E-state index contributed by atoms with van der Waals surface area (Å²) in [5, 5.41) is 10.1. The van der Waals surface area contributed by atoms with E-state index in [-0.39, 0.29) is 17.1 Å². The second-order valence-corrected chi connectivity index (χ2v) is 4.57. The molecule has 0 amide bonds. The van der Waals surface area contributed by atoms with E-state index in [0.717, 1.165) is 12.3 Å². The van der Waals surface area contributed by atoms with Crippen molar-refractivity contribution in [3.63, 3.8) is 0 Å². The summed E-state index contributed by atoms with van der Waals surface area (Å²) in [5.41, 5.74) is 11.7. The van der Waals surface area contributed by atoms with Crippen molar-refractivity contribution in [3.8, 4) is 0 Å². The van der Waals surface area contributed by atoms with E-state index in [1.54, 1.807) is 13.0 Å². The van der Waals surface area contributed by atoms with E-state index in [0.29, 0.717) is 11.3 Å². The fourth-order valence-electron chi connectivity index (χ4n) is 1.99. The van der Waals surface area contributed by atoms with Crippen molar-refractivity contribution in [1.29, 1.82) is 5.41 Å². The first kappa shape index (κ1) is 14.7. The smallest absolute Gasteiger partial charge is 0.154 e. The number of nitrogens with one attached hydrogen (secondary N) is 2. The molecule has 0 aliphatic heterocycles. The predicted molar refractivity (Wildman–Crippen MR) is 79.3 cm³/mol. The normalized spacial score (nSPS) is 12.0. The molecule has 0 aliphatic carbocycles. The molecular weight excluding hydrogens is 276 g/mol. The summed E-state index contributed by atoms with van der Waals surface area (Å²) in [4.78, 5) is 3.91. The summed E-state index contributed by atoms with van der Waals surface area (Å²) >= 11 is 0. The van der Waals surface area contributed by atoms with E-state index < -0.39 is 17.7 Å². The maximum atomic E-state index is 13.9. The van der Waals surface area contributed by atoms with Crippen molar-refractivity contribution in [2.45, 2.75) is 13.0 Å². The van der Waals surface area contributed by atoms with Gasteiger partial charge in [0.2, 0.25) is 0 Å². The zero-order chi connectivity index (χ0) is 15.6. The van der Waals surface area contributed by atoms with E-state index in [9.17, 15) is 8.78 Å². The highest BCUT2D eigenvalue weighted by Crippen LogP contribution is 2.27. The van der Waals surface area contributed by atoms with Gasteiger partial charge in [-0.25, -0.2) is 13.8 Å². The third-order valence-corrected chi connectivity index (χ3v) is 3.08. The summed E-state index contributed by atoms with van der Waals surface area (Å²) in [6, 6.07) is 3.21. The van der Waals surface area contributed by atoms with Crippen LogP contribution in [-0.4, -0.2) is 11.2 Å². The van der Waals surface area contributed by atoms with E-state index in [1.807, 2.05) is 0 Å². The summed E-state index contributed by atoms with van der Waals surface area (Å²) in [7, 11) is 0. The first-order valence-electron chi connectivity index (χ1n) is 6.20. The van der Waals surface area contributed by atoms with Crippen molar-refractivity contribution < 1.29 is 8.78 Å². The first-order chi connectivity index (χ1) is 9.93. The third-order valence-electron chi connectivity index (χ3n) is 3.08. The summed E-state index contributed by atoms with van der Waals surface area (Å²) in [6.45, 7) is 1.60. The quantitative estimate of drug-likeness (QED) is 0.514. The average Bonchev–Trinajstić information content (AvgIpc) is 2.45. The molecule has 0 radical (unpaired) electrons. The van der Waals surface area contributed by atoms with Gasteiger partial charge in [0.25, 0.3) is 0 Å². The first-order valence-corrected chi connectivity index (χ1v) is 6.20. The topological polar surface area (TPSA) is 101 Å². The highest BCUT2D eigenvalue weighted by atomic mass is 19.1. The minimum atomic E-state index is -0.786. The minimum Gasteiger partial charge on any atom is -0.396 e. The second kappa shape index (κ2) is 5.74. The van der Waals surface area contributed by atoms with Crippen LogP contribution in [0.2, 0.25) is 0 Å². The zero-order valence-electron chi connectivity index (χ0n) is 11.3. The summed E-state index contributed by atoms with van der Waals surface area (Å²) < 4.78 is 27.7. The van der Waals surface area contributed by atoms with Gasteiger partial charge in [-0.3, -0.25) is 0 Å². The predicted octanol–water partition coefficient (Wildman–Crippen LogP) is 2.69. The van der Waals surface area contributed by atoms with Crippen molar-refractivity contribution in [2.24, 2.45) is 0 Å². The molecule has 110 valence electrons. The van der Waals surface area contributed by atoms with Gasteiger partial charge in [0.15, 0.2) is 5.82 Å². The molecule has 0 fully saturated rings. The lowest BCUT2D eigenvalue weighted by molar-refractivity contribution is 0.547. The van der Waals surface area contributed by atoms with Crippen LogP contribution in [0.1, 0.15) is 24.1 Å². The number of aromatic nitrogens is 1. The number of nitrogen functional groups attached to an aromatic ring is 2. The standard InChI is InChI=1S/C14H15F2N5/c1-7(12-10(15)2-3-11(18)13(12)16)21-9-4-8(5-17)14(19)20-6-9/h2-7,17,21H,18H2,1H3,(H2,19,20). The SMILES string of the molecule is CC(Nc1cnc(N)c(C=N)c1)c1c(F)ccc(N)c1F. The van der Waals surface area contributed by atoms with Gasteiger partial charge < -0.3 is 22.2 Å². The molecule has 21 heavy (non-hydrogen) atoms. The van der Waals surface area contributed by atoms with Gasteiger partial charge in [0, 0.05) is 17.3 Å². The van der Waals surface area contributed by atoms with Gasteiger partial charge >= 0.3 is 0 Å². The van der Waals surface area contributed by atoms with Crippen molar-refractivity contribution in [2.75, 3.05) is 16.8 Å². The molecule has 1 aromatic carbocycles. The number of nitrogens with two attached hydrogens (primary N) is 2. The molecule has 1 unspecified atom stereocenters. The Morgan fingerprint density at radius 3 is 2.71 bits per heavy atom. The minimum absolute atomic E-state index is 0.115. The number of pyridine rings is 1. The summed E-state index contributed by atoms with van der Waals surface area (Å²) in [6.07, 6.45) is 2.49. The lowest BCUT2D eigenvalue weighted by Gasteiger charge is -2.18. The molecule has 0 saturated carbocycles. The van der Waals surface area contributed by atoms with Gasteiger partial charge in [-0.15, -0.1) is 0 Å². The molecule has 0 saturated heterocycles. The Morgan fingerprint density at radius 2 is 2.05 bits per heavy atom. The average molecular weight is 291 g/mol. The maximum absolute atomic E-state index is 13.9. The molecule has 7 heteroatoms. The molecule has 5 nitrogen and oxygen atoms in total. The van der Waals surface area contributed by atoms with E-state index >= 15 is 0 Å². The largest absolute Gasteiger partial charge is 0.396 e. The molecule has 0 aliphatic rings. The number of benzene rings is 1. The number of hydrogen-bond acceptors (Lipinski definition) is 5. The second-order valence-electron chi connectivity index (χ2n) is 4.57. The van der Waals surface area contributed by atoms with Crippen molar-refractivity contribution in [1.82, 2.24) is 4.98 Å². The molecule has 2 rings (SSSR count). The van der Waals surface area contributed by atoms with Crippen LogP contribution >= 0.6 is 0 Å². The molecule has 1 aromatic heterocycles. The van der Waals surface area contributed by atoms with Crippen LogP contribution in [0.25, 0.3) is 0 Å². The van der Waals surface area contributed by atoms with Crippen LogP contribution in [0.5, 0.6) is 0 Å². The Labute approximate surface area is 120 Å². The number of halogens is 2. The monoisotopic (exact) mass is 291 g/mol. The van der Waals surface area contributed by atoms with Gasteiger partial charge in [-0.2, -0.15) is 0 Å². The number of rotatable bonds is 4. The number of nitrogens with zero attached hydrogens (tertiary/aromatic N) is 1. The molecule has 2 aromatic rings. The molecule has 0 bridgehead atoms. The van der Waals surface area contributed by atoms with E-state index in [4.69, 9.17) is 16.9 Å².